The van der Waals surface area contributed by atoms with Crippen LogP contribution in [0.5, 0.6) is 0 Å². The van der Waals surface area contributed by atoms with Crippen LogP contribution in [-0.2, 0) is 34.7 Å². The molecule has 2 rings (SSSR count). The van der Waals surface area contributed by atoms with Crippen LogP contribution in [0.1, 0.15) is 26.3 Å². The van der Waals surface area contributed by atoms with Gasteiger partial charge in [0.1, 0.15) is 5.82 Å². The number of hydrogen-bond acceptors (Lipinski definition) is 6. The Morgan fingerprint density at radius 2 is 1.96 bits per heavy atom. The molecule has 1 heterocycles. The fourth-order valence-electron chi connectivity index (χ4n) is 2.39. The first-order chi connectivity index (χ1) is 11.5. The summed E-state index contributed by atoms with van der Waals surface area (Å²) in [5.41, 5.74) is -1.95. The molecule has 0 saturated heterocycles. The maximum absolute atomic E-state index is 14.2. The van der Waals surface area contributed by atoms with Crippen molar-refractivity contribution in [1.82, 2.24) is 4.31 Å². The summed E-state index contributed by atoms with van der Waals surface area (Å²) in [5.74, 6) is -3.67. The van der Waals surface area contributed by atoms with Gasteiger partial charge >= 0.3 is 5.97 Å². The number of halogens is 1. The average Bonchev–Trinajstić information content (AvgIpc) is 2.79. The standard InChI is InChI=1S/C16H18FNO6S/c1-5-25(21,22)18(4)15-13(23-10(2)19)14(20)16(3,24-15)11-8-6-7-9-12(11)17/h6-9H,5H2,1-4H3. The van der Waals surface area contributed by atoms with E-state index in [1.807, 2.05) is 0 Å². The second-order valence-electron chi connectivity index (χ2n) is 5.54. The van der Waals surface area contributed by atoms with E-state index in [1.54, 1.807) is 0 Å². The molecule has 0 amide bonds. The maximum Gasteiger partial charge on any atom is 0.308 e. The van der Waals surface area contributed by atoms with Crippen LogP contribution >= 0.6 is 0 Å². The zero-order chi connectivity index (χ0) is 19.0. The molecule has 0 aromatic heterocycles. The van der Waals surface area contributed by atoms with Gasteiger partial charge in [-0.05, 0) is 19.9 Å². The lowest BCUT2D eigenvalue weighted by atomic mass is 9.91. The number of carbonyl (C=O) groups excluding carboxylic acids is 2. The third kappa shape index (κ3) is 3.23. The van der Waals surface area contributed by atoms with Gasteiger partial charge in [-0.25, -0.2) is 17.1 Å². The zero-order valence-corrected chi connectivity index (χ0v) is 15.0. The molecular formula is C16H18FNO6S. The largest absolute Gasteiger partial charge is 0.456 e. The van der Waals surface area contributed by atoms with Crippen molar-refractivity contribution in [2.24, 2.45) is 0 Å². The van der Waals surface area contributed by atoms with Crippen LogP contribution in [0.3, 0.4) is 0 Å². The molecule has 0 fully saturated rings. The van der Waals surface area contributed by atoms with Gasteiger partial charge in [0.15, 0.2) is 0 Å². The van der Waals surface area contributed by atoms with E-state index in [1.165, 1.54) is 32.0 Å². The number of hydrogen-bond donors (Lipinski definition) is 0. The lowest BCUT2D eigenvalue weighted by Gasteiger charge is -2.26. The van der Waals surface area contributed by atoms with Crippen LogP contribution in [0, 0.1) is 5.82 Å². The van der Waals surface area contributed by atoms with Crippen molar-refractivity contribution in [3.8, 4) is 0 Å². The lowest BCUT2D eigenvalue weighted by molar-refractivity contribution is -0.142. The highest BCUT2D eigenvalue weighted by Gasteiger charge is 2.52. The molecule has 1 unspecified atom stereocenters. The summed E-state index contributed by atoms with van der Waals surface area (Å²) >= 11 is 0. The number of benzene rings is 1. The van der Waals surface area contributed by atoms with E-state index in [9.17, 15) is 22.4 Å². The Morgan fingerprint density at radius 3 is 2.48 bits per heavy atom. The van der Waals surface area contributed by atoms with Gasteiger partial charge in [-0.1, -0.05) is 18.2 Å². The van der Waals surface area contributed by atoms with Gasteiger partial charge in [-0.3, -0.25) is 9.59 Å². The minimum atomic E-state index is -3.80. The van der Waals surface area contributed by atoms with E-state index in [0.717, 1.165) is 24.3 Å². The van der Waals surface area contributed by atoms with Crippen molar-refractivity contribution in [3.05, 3.63) is 47.3 Å². The van der Waals surface area contributed by atoms with Crippen molar-refractivity contribution >= 4 is 21.8 Å². The Morgan fingerprint density at radius 1 is 1.36 bits per heavy atom. The fourth-order valence-corrected chi connectivity index (χ4v) is 3.15. The number of Topliss-reactive ketones (excluding diaryl/α,β-unsaturated/α-hetero) is 1. The van der Waals surface area contributed by atoms with Gasteiger partial charge in [0.25, 0.3) is 11.7 Å². The Balaban J connectivity index is 2.59. The van der Waals surface area contributed by atoms with E-state index in [-0.39, 0.29) is 11.3 Å². The highest BCUT2D eigenvalue weighted by molar-refractivity contribution is 7.89. The molecular weight excluding hydrogens is 353 g/mol. The fraction of sp³-hybridized carbons (Fsp3) is 0.375. The minimum absolute atomic E-state index is 0.0954. The first kappa shape index (κ1) is 18.9. The van der Waals surface area contributed by atoms with Crippen LogP contribution < -0.4 is 0 Å². The third-order valence-corrected chi connectivity index (χ3v) is 5.57. The summed E-state index contributed by atoms with van der Waals surface area (Å²) in [4.78, 5) is 24.1. The van der Waals surface area contributed by atoms with Gasteiger partial charge in [0, 0.05) is 19.5 Å². The molecule has 25 heavy (non-hydrogen) atoms. The van der Waals surface area contributed by atoms with E-state index in [4.69, 9.17) is 9.47 Å². The number of ether oxygens (including phenoxy) is 2. The molecule has 1 aliphatic rings. The Bertz CT molecular complexity index is 863. The second kappa shape index (κ2) is 6.47. The Hall–Kier alpha value is -2.42. The van der Waals surface area contributed by atoms with Crippen molar-refractivity contribution in [2.45, 2.75) is 26.4 Å². The van der Waals surface area contributed by atoms with Crippen molar-refractivity contribution < 1.29 is 31.9 Å². The Labute approximate surface area is 145 Å². The van der Waals surface area contributed by atoms with Gasteiger partial charge in [0.05, 0.1) is 5.75 Å². The second-order valence-corrected chi connectivity index (χ2v) is 7.83. The molecule has 0 radical (unpaired) electrons. The molecule has 1 aromatic carbocycles. The summed E-state index contributed by atoms with van der Waals surface area (Å²) in [6.07, 6.45) is 0. The van der Waals surface area contributed by atoms with Crippen LogP contribution in [-0.4, -0.2) is 37.3 Å². The maximum atomic E-state index is 14.2. The molecule has 0 spiro atoms. The van der Waals surface area contributed by atoms with Gasteiger partial charge < -0.3 is 9.47 Å². The van der Waals surface area contributed by atoms with Crippen LogP contribution in [0.15, 0.2) is 35.9 Å². The molecule has 1 aromatic rings. The molecule has 0 bridgehead atoms. The predicted octanol–water partition coefficient (Wildman–Crippen LogP) is 1.65. The summed E-state index contributed by atoms with van der Waals surface area (Å²) in [7, 11) is -2.64. The van der Waals surface area contributed by atoms with E-state index in [0.29, 0.717) is 0 Å². The highest BCUT2D eigenvalue weighted by atomic mass is 32.2. The molecule has 1 aliphatic heterocycles. The number of esters is 1. The van der Waals surface area contributed by atoms with Crippen LogP contribution in [0.4, 0.5) is 4.39 Å². The first-order valence-corrected chi connectivity index (χ1v) is 9.03. The normalized spacial score (nSPS) is 20.4. The first-order valence-electron chi connectivity index (χ1n) is 7.42. The van der Waals surface area contributed by atoms with Crippen molar-refractivity contribution in [2.75, 3.05) is 12.8 Å². The number of rotatable bonds is 5. The minimum Gasteiger partial charge on any atom is -0.456 e. The SMILES string of the molecule is CCS(=O)(=O)N(C)C1=C(OC(C)=O)C(=O)C(C)(c2ccccc2F)O1. The van der Waals surface area contributed by atoms with E-state index >= 15 is 0 Å². The van der Waals surface area contributed by atoms with Crippen LogP contribution in [0.2, 0.25) is 0 Å². The monoisotopic (exact) mass is 371 g/mol. The highest BCUT2D eigenvalue weighted by Crippen LogP contribution is 2.41. The molecule has 0 N–H and O–H groups in total. The van der Waals surface area contributed by atoms with Crippen molar-refractivity contribution in [1.29, 1.82) is 0 Å². The van der Waals surface area contributed by atoms with Crippen LogP contribution in [0.25, 0.3) is 0 Å². The zero-order valence-electron chi connectivity index (χ0n) is 14.2. The van der Waals surface area contributed by atoms with E-state index < -0.39 is 44.8 Å². The Kier molecular flexibility index (Phi) is 4.90. The number of nitrogens with zero attached hydrogens (tertiary/aromatic N) is 1. The average molecular weight is 371 g/mol. The molecule has 7 nitrogen and oxygen atoms in total. The predicted molar refractivity (Wildman–Crippen MR) is 85.9 cm³/mol. The molecule has 136 valence electrons. The quantitative estimate of drug-likeness (QED) is 0.731. The van der Waals surface area contributed by atoms with Gasteiger partial charge in [-0.2, -0.15) is 0 Å². The van der Waals surface area contributed by atoms with Gasteiger partial charge in [0.2, 0.25) is 21.4 Å². The summed E-state index contributed by atoms with van der Waals surface area (Å²) < 4.78 is 49.6. The number of sulfonamides is 1. The molecule has 1 atom stereocenters. The smallest absolute Gasteiger partial charge is 0.308 e. The topological polar surface area (TPSA) is 90.0 Å². The summed E-state index contributed by atoms with van der Waals surface area (Å²) in [6.45, 7) is 3.76. The third-order valence-electron chi connectivity index (χ3n) is 3.84. The molecule has 0 aliphatic carbocycles. The summed E-state index contributed by atoms with van der Waals surface area (Å²) in [6, 6.07) is 5.44. The summed E-state index contributed by atoms with van der Waals surface area (Å²) in [5, 5.41) is 0. The lowest BCUT2D eigenvalue weighted by Crippen LogP contribution is -2.34. The molecule has 9 heteroatoms. The number of ketones is 1. The van der Waals surface area contributed by atoms with E-state index in [2.05, 4.69) is 0 Å². The number of carbonyl (C=O) groups is 2. The van der Waals surface area contributed by atoms with Gasteiger partial charge in [-0.15, -0.1) is 0 Å². The van der Waals surface area contributed by atoms with Crippen molar-refractivity contribution in [3.63, 3.8) is 0 Å². The molecule has 0 saturated carbocycles.